The summed E-state index contributed by atoms with van der Waals surface area (Å²) in [5.41, 5.74) is 8.60. The molecule has 0 saturated heterocycles. The summed E-state index contributed by atoms with van der Waals surface area (Å²) in [5.74, 6) is 0. The van der Waals surface area contributed by atoms with Crippen LogP contribution in [0.4, 0.5) is 5.13 Å². The summed E-state index contributed by atoms with van der Waals surface area (Å²) in [6.45, 7) is 2.07. The topological polar surface area (TPSA) is 37.3 Å². The number of anilines is 1. The van der Waals surface area contributed by atoms with Crippen LogP contribution in [0, 0.1) is 6.92 Å². The lowest BCUT2D eigenvalue weighted by Gasteiger charge is -2.02. The van der Waals surface area contributed by atoms with Crippen molar-refractivity contribution in [3.8, 4) is 21.7 Å². The lowest BCUT2D eigenvalue weighted by Crippen LogP contribution is -1.90. The fourth-order valence-electron chi connectivity index (χ4n) is 2.76. The van der Waals surface area contributed by atoms with Crippen molar-refractivity contribution in [1.82, 2.24) is 4.98 Å². The Hall–Kier alpha value is -3.24. The Labute approximate surface area is 163 Å². The predicted octanol–water partition coefficient (Wildman–Crippen LogP) is 6.23. The number of aryl methyl sites for hydroxylation is 1. The summed E-state index contributed by atoms with van der Waals surface area (Å²) in [4.78, 5) is 5.93. The number of hydrogen-bond donors (Lipinski definition) is 1. The van der Waals surface area contributed by atoms with Crippen molar-refractivity contribution in [1.29, 1.82) is 0 Å². The third-order valence-electron chi connectivity index (χ3n) is 4.16. The molecule has 132 valence electrons. The Morgan fingerprint density at radius 1 is 0.815 bits per heavy atom. The van der Waals surface area contributed by atoms with E-state index in [-0.39, 0.29) is 0 Å². The molecule has 3 aromatic carbocycles. The van der Waals surface area contributed by atoms with E-state index in [1.54, 1.807) is 11.3 Å². The van der Waals surface area contributed by atoms with Crippen molar-refractivity contribution < 1.29 is 0 Å². The van der Waals surface area contributed by atoms with Crippen LogP contribution < -0.4 is 5.43 Å². The molecule has 0 aliphatic rings. The van der Waals surface area contributed by atoms with Crippen molar-refractivity contribution in [3.05, 3.63) is 96.1 Å². The fourth-order valence-corrected chi connectivity index (χ4v) is 3.70. The highest BCUT2D eigenvalue weighted by Gasteiger charge is 2.14. The molecule has 27 heavy (non-hydrogen) atoms. The molecule has 0 aliphatic carbocycles. The van der Waals surface area contributed by atoms with Crippen LogP contribution in [0.2, 0.25) is 0 Å². The first kappa shape index (κ1) is 17.2. The van der Waals surface area contributed by atoms with Gasteiger partial charge in [0.2, 0.25) is 5.13 Å². The van der Waals surface area contributed by atoms with Crippen molar-refractivity contribution in [2.24, 2.45) is 5.10 Å². The van der Waals surface area contributed by atoms with Crippen LogP contribution in [0.15, 0.2) is 90.0 Å². The van der Waals surface area contributed by atoms with Crippen LogP contribution in [-0.4, -0.2) is 11.2 Å². The van der Waals surface area contributed by atoms with Gasteiger partial charge in [-0.2, -0.15) is 5.10 Å². The van der Waals surface area contributed by atoms with Gasteiger partial charge in [-0.25, -0.2) is 4.98 Å². The first-order chi connectivity index (χ1) is 13.3. The van der Waals surface area contributed by atoms with Gasteiger partial charge in [-0.3, -0.25) is 5.43 Å². The molecule has 0 fully saturated rings. The highest BCUT2D eigenvalue weighted by atomic mass is 32.1. The van der Waals surface area contributed by atoms with Crippen molar-refractivity contribution >= 4 is 22.7 Å². The average molecular weight is 369 g/mol. The average Bonchev–Trinajstić information content (AvgIpc) is 3.15. The van der Waals surface area contributed by atoms with Crippen LogP contribution in [0.3, 0.4) is 0 Å². The molecule has 0 radical (unpaired) electrons. The van der Waals surface area contributed by atoms with E-state index < -0.39 is 0 Å². The zero-order chi connectivity index (χ0) is 18.5. The van der Waals surface area contributed by atoms with Gasteiger partial charge in [-0.05, 0) is 18.1 Å². The van der Waals surface area contributed by atoms with Gasteiger partial charge in [0.1, 0.15) is 0 Å². The number of thiazole rings is 1. The van der Waals surface area contributed by atoms with Crippen molar-refractivity contribution in [3.63, 3.8) is 0 Å². The lowest BCUT2D eigenvalue weighted by molar-refractivity contribution is 1.29. The molecule has 0 unspecified atom stereocenters. The van der Waals surface area contributed by atoms with E-state index in [9.17, 15) is 0 Å². The summed E-state index contributed by atoms with van der Waals surface area (Å²) in [6, 6.07) is 28.8. The zero-order valence-corrected chi connectivity index (χ0v) is 15.8. The Balaban J connectivity index is 1.64. The molecule has 4 heteroatoms. The minimum Gasteiger partial charge on any atom is -0.253 e. The standard InChI is InChI=1S/C23H19N3S/c1-17-12-14-18(15-13-17)16-24-26-23-25-21(19-8-4-2-5-9-19)22(27-23)20-10-6-3-7-11-20/h2-16H,1H3,(H,25,26)/b24-16+. The van der Waals surface area contributed by atoms with E-state index in [2.05, 4.69) is 53.8 Å². The second-order valence-electron chi connectivity index (χ2n) is 6.21. The quantitative estimate of drug-likeness (QED) is 0.334. The van der Waals surface area contributed by atoms with Crippen LogP contribution >= 0.6 is 11.3 Å². The number of rotatable bonds is 5. The number of benzene rings is 3. The maximum absolute atomic E-state index is 4.80. The minimum absolute atomic E-state index is 0.774. The highest BCUT2D eigenvalue weighted by Crippen LogP contribution is 2.38. The summed E-state index contributed by atoms with van der Waals surface area (Å²) in [7, 11) is 0. The molecule has 3 nitrogen and oxygen atoms in total. The SMILES string of the molecule is Cc1ccc(/C=N/Nc2nc(-c3ccccc3)c(-c3ccccc3)s2)cc1. The van der Waals surface area contributed by atoms with Gasteiger partial charge in [-0.1, -0.05) is 102 Å². The Morgan fingerprint density at radius 3 is 2.11 bits per heavy atom. The van der Waals surface area contributed by atoms with Gasteiger partial charge in [0.15, 0.2) is 0 Å². The predicted molar refractivity (Wildman–Crippen MR) is 115 cm³/mol. The molecule has 0 saturated carbocycles. The van der Waals surface area contributed by atoms with E-state index in [1.165, 1.54) is 5.56 Å². The van der Waals surface area contributed by atoms with Gasteiger partial charge in [0.25, 0.3) is 0 Å². The first-order valence-electron chi connectivity index (χ1n) is 8.77. The maximum Gasteiger partial charge on any atom is 0.204 e. The zero-order valence-electron chi connectivity index (χ0n) is 15.0. The number of nitrogens with zero attached hydrogens (tertiary/aromatic N) is 2. The fraction of sp³-hybridized carbons (Fsp3) is 0.0435. The molecule has 1 heterocycles. The van der Waals surface area contributed by atoms with E-state index in [0.29, 0.717) is 0 Å². The molecule has 0 spiro atoms. The Bertz CT molecular complexity index is 979. The number of hydrogen-bond acceptors (Lipinski definition) is 4. The van der Waals surface area contributed by atoms with Gasteiger partial charge in [0, 0.05) is 5.56 Å². The van der Waals surface area contributed by atoms with Gasteiger partial charge in [-0.15, -0.1) is 0 Å². The van der Waals surface area contributed by atoms with E-state index in [4.69, 9.17) is 4.98 Å². The van der Waals surface area contributed by atoms with Crippen LogP contribution in [0.25, 0.3) is 21.7 Å². The molecule has 1 aromatic heterocycles. The molecular formula is C23H19N3S. The number of hydrazone groups is 1. The van der Waals surface area contributed by atoms with Gasteiger partial charge in [0.05, 0.1) is 16.8 Å². The molecule has 0 amide bonds. The molecule has 4 rings (SSSR count). The van der Waals surface area contributed by atoms with Crippen molar-refractivity contribution in [2.45, 2.75) is 6.92 Å². The van der Waals surface area contributed by atoms with Gasteiger partial charge >= 0.3 is 0 Å². The molecule has 1 N–H and O–H groups in total. The molecule has 0 aliphatic heterocycles. The third-order valence-corrected chi connectivity index (χ3v) is 5.17. The largest absolute Gasteiger partial charge is 0.253 e. The molecule has 0 bridgehead atoms. The van der Waals surface area contributed by atoms with Crippen LogP contribution in [0.5, 0.6) is 0 Å². The second-order valence-corrected chi connectivity index (χ2v) is 7.21. The number of aromatic nitrogens is 1. The normalized spacial score (nSPS) is 11.0. The number of nitrogens with one attached hydrogen (secondary N) is 1. The van der Waals surface area contributed by atoms with E-state index in [0.717, 1.165) is 32.4 Å². The minimum atomic E-state index is 0.774. The van der Waals surface area contributed by atoms with Crippen LogP contribution in [0.1, 0.15) is 11.1 Å². The first-order valence-corrected chi connectivity index (χ1v) is 9.59. The molecule has 0 atom stereocenters. The Morgan fingerprint density at radius 2 is 1.44 bits per heavy atom. The third kappa shape index (κ3) is 4.13. The van der Waals surface area contributed by atoms with Crippen molar-refractivity contribution in [2.75, 3.05) is 5.43 Å². The summed E-state index contributed by atoms with van der Waals surface area (Å²) < 4.78 is 0. The summed E-state index contributed by atoms with van der Waals surface area (Å²) in [6.07, 6.45) is 1.81. The summed E-state index contributed by atoms with van der Waals surface area (Å²) >= 11 is 1.61. The smallest absolute Gasteiger partial charge is 0.204 e. The van der Waals surface area contributed by atoms with Gasteiger partial charge < -0.3 is 0 Å². The second kappa shape index (κ2) is 7.98. The highest BCUT2D eigenvalue weighted by molar-refractivity contribution is 7.19. The van der Waals surface area contributed by atoms with Crippen LogP contribution in [-0.2, 0) is 0 Å². The van der Waals surface area contributed by atoms with E-state index >= 15 is 0 Å². The Kier molecular flexibility index (Phi) is 5.08. The molecule has 4 aromatic rings. The maximum atomic E-state index is 4.80. The van der Waals surface area contributed by atoms with E-state index in [1.807, 2.05) is 54.7 Å². The lowest BCUT2D eigenvalue weighted by atomic mass is 10.1. The summed E-state index contributed by atoms with van der Waals surface area (Å²) in [5, 5.41) is 5.13. The molecular weight excluding hydrogens is 350 g/mol. The monoisotopic (exact) mass is 369 g/mol.